The van der Waals surface area contributed by atoms with Gasteiger partial charge in [0.1, 0.15) is 18.1 Å². The average Bonchev–Trinajstić information content (AvgIpc) is 3.71. The highest BCUT2D eigenvalue weighted by Gasteiger charge is 2.46. The molecule has 1 aliphatic heterocycles. The minimum absolute atomic E-state index is 0.0157. The van der Waals surface area contributed by atoms with Crippen LogP contribution in [0.2, 0.25) is 0 Å². The first-order valence-electron chi connectivity index (χ1n) is 12.7. The van der Waals surface area contributed by atoms with Crippen molar-refractivity contribution in [2.45, 2.75) is 19.6 Å². The van der Waals surface area contributed by atoms with Crippen molar-refractivity contribution < 1.29 is 24.2 Å². The molecule has 5 aromatic rings. The molecule has 9 heteroatoms. The van der Waals surface area contributed by atoms with E-state index in [1.165, 1.54) is 27.6 Å². The number of aromatic nitrogens is 1. The van der Waals surface area contributed by atoms with Gasteiger partial charge < -0.3 is 14.6 Å². The summed E-state index contributed by atoms with van der Waals surface area (Å²) >= 11 is 2.56. The normalized spacial score (nSPS) is 15.2. The number of anilines is 1. The predicted molar refractivity (Wildman–Crippen MR) is 157 cm³/mol. The Hall–Kier alpha value is -4.47. The molecule has 0 spiro atoms. The first-order chi connectivity index (χ1) is 19.5. The lowest BCUT2D eigenvalue weighted by molar-refractivity contribution is -0.117. The van der Waals surface area contributed by atoms with Gasteiger partial charge in [-0.05, 0) is 59.8 Å². The maximum absolute atomic E-state index is 13.7. The number of amides is 1. The molecule has 0 bridgehead atoms. The number of aliphatic hydroxyl groups excluding tert-OH is 1. The largest absolute Gasteiger partial charge is 0.503 e. The van der Waals surface area contributed by atoms with Crippen molar-refractivity contribution in [3.8, 4) is 11.5 Å². The van der Waals surface area contributed by atoms with Crippen LogP contribution in [0.3, 0.4) is 0 Å². The fourth-order valence-electron chi connectivity index (χ4n) is 4.66. The third-order valence-electron chi connectivity index (χ3n) is 6.49. The Bertz CT molecular complexity index is 1730. The van der Waals surface area contributed by atoms with E-state index in [0.717, 1.165) is 10.3 Å². The molecule has 0 saturated heterocycles. The highest BCUT2D eigenvalue weighted by molar-refractivity contribution is 7.22. The van der Waals surface area contributed by atoms with E-state index in [0.29, 0.717) is 45.8 Å². The monoisotopic (exact) mass is 568 g/mol. The number of hydrogen-bond acceptors (Lipinski definition) is 8. The van der Waals surface area contributed by atoms with Crippen molar-refractivity contribution in [1.82, 2.24) is 4.98 Å². The van der Waals surface area contributed by atoms with Crippen LogP contribution in [0.5, 0.6) is 11.5 Å². The van der Waals surface area contributed by atoms with Crippen molar-refractivity contribution in [2.24, 2.45) is 0 Å². The van der Waals surface area contributed by atoms with E-state index >= 15 is 0 Å². The molecular weight excluding hydrogens is 544 g/mol. The molecule has 2 aromatic heterocycles. The van der Waals surface area contributed by atoms with Gasteiger partial charge in [0.05, 0.1) is 33.3 Å². The number of Topliss-reactive ketones (excluding diaryl/α,β-unsaturated/α-hetero) is 1. The first kappa shape index (κ1) is 25.8. The van der Waals surface area contributed by atoms with Crippen LogP contribution in [0.15, 0.2) is 102 Å². The highest BCUT2D eigenvalue weighted by atomic mass is 32.1. The molecule has 1 aliphatic rings. The zero-order valence-corrected chi connectivity index (χ0v) is 23.1. The average molecular weight is 569 g/mol. The number of fused-ring (bicyclic) bond motifs is 1. The van der Waals surface area contributed by atoms with E-state index in [1.54, 1.807) is 23.6 Å². The number of benzene rings is 3. The van der Waals surface area contributed by atoms with E-state index in [1.807, 2.05) is 73.7 Å². The number of aliphatic hydroxyl groups is 1. The Labute approximate surface area is 238 Å². The minimum atomic E-state index is -0.894. The number of carbonyl (C=O) groups excluding carboxylic acids is 2. The number of rotatable bonds is 9. The summed E-state index contributed by atoms with van der Waals surface area (Å²) in [5, 5.41) is 13.3. The lowest BCUT2D eigenvalue weighted by Crippen LogP contribution is -2.30. The SMILES string of the molecule is CCOc1ccc2nc(N3C(=O)C(O)=C(C(=O)c4cccs4)C3c3cccc(OCc4ccccc4)c3)sc2c1. The topological polar surface area (TPSA) is 89.0 Å². The second kappa shape index (κ2) is 11.0. The number of thiazole rings is 1. The Morgan fingerprint density at radius 3 is 2.58 bits per heavy atom. The molecule has 3 heterocycles. The number of hydrogen-bond donors (Lipinski definition) is 1. The maximum atomic E-state index is 13.7. The molecule has 6 rings (SSSR count). The van der Waals surface area contributed by atoms with Crippen LogP contribution < -0.4 is 14.4 Å². The van der Waals surface area contributed by atoms with Crippen LogP contribution >= 0.6 is 22.7 Å². The van der Waals surface area contributed by atoms with Gasteiger partial charge in [-0.15, -0.1) is 11.3 Å². The van der Waals surface area contributed by atoms with Crippen LogP contribution in [0.4, 0.5) is 5.13 Å². The molecule has 7 nitrogen and oxygen atoms in total. The van der Waals surface area contributed by atoms with Crippen molar-refractivity contribution in [1.29, 1.82) is 0 Å². The lowest BCUT2D eigenvalue weighted by Gasteiger charge is -2.24. The molecule has 1 atom stereocenters. The third-order valence-corrected chi connectivity index (χ3v) is 8.37. The third kappa shape index (κ3) is 4.85. The molecule has 1 N–H and O–H groups in total. The molecule has 0 radical (unpaired) electrons. The summed E-state index contributed by atoms with van der Waals surface area (Å²) in [5.74, 6) is -0.373. The first-order valence-corrected chi connectivity index (χ1v) is 14.4. The summed E-state index contributed by atoms with van der Waals surface area (Å²) in [4.78, 5) is 33.8. The van der Waals surface area contributed by atoms with Gasteiger partial charge in [-0.25, -0.2) is 4.98 Å². The van der Waals surface area contributed by atoms with E-state index in [9.17, 15) is 14.7 Å². The minimum Gasteiger partial charge on any atom is -0.503 e. The Morgan fingerprint density at radius 2 is 1.80 bits per heavy atom. The Morgan fingerprint density at radius 1 is 0.975 bits per heavy atom. The predicted octanol–water partition coefficient (Wildman–Crippen LogP) is 7.12. The van der Waals surface area contributed by atoms with Gasteiger partial charge in [-0.1, -0.05) is 59.9 Å². The van der Waals surface area contributed by atoms with Crippen LogP contribution in [-0.4, -0.2) is 28.4 Å². The van der Waals surface area contributed by atoms with Crippen molar-refractivity contribution in [3.05, 3.63) is 118 Å². The number of ketones is 1. The van der Waals surface area contributed by atoms with Gasteiger partial charge in [-0.2, -0.15) is 0 Å². The second-order valence-corrected chi connectivity index (χ2v) is 11.0. The molecule has 1 unspecified atom stereocenters. The summed E-state index contributed by atoms with van der Waals surface area (Å²) in [5.41, 5.74) is 2.34. The van der Waals surface area contributed by atoms with Crippen LogP contribution in [0.1, 0.15) is 33.8 Å². The second-order valence-electron chi connectivity index (χ2n) is 9.05. The van der Waals surface area contributed by atoms with Gasteiger partial charge in [-0.3, -0.25) is 14.5 Å². The zero-order chi connectivity index (χ0) is 27.6. The Balaban J connectivity index is 1.42. The lowest BCUT2D eigenvalue weighted by atomic mass is 9.95. The quantitative estimate of drug-likeness (QED) is 0.191. The highest BCUT2D eigenvalue weighted by Crippen LogP contribution is 2.45. The van der Waals surface area contributed by atoms with Gasteiger partial charge in [0, 0.05) is 0 Å². The summed E-state index contributed by atoms with van der Waals surface area (Å²) < 4.78 is 12.5. The van der Waals surface area contributed by atoms with Crippen molar-refractivity contribution in [3.63, 3.8) is 0 Å². The molecule has 0 fully saturated rings. The molecule has 200 valence electrons. The van der Waals surface area contributed by atoms with Gasteiger partial charge in [0.25, 0.3) is 5.91 Å². The summed E-state index contributed by atoms with van der Waals surface area (Å²) in [7, 11) is 0. The zero-order valence-electron chi connectivity index (χ0n) is 21.4. The van der Waals surface area contributed by atoms with Crippen molar-refractivity contribution >= 4 is 49.7 Å². The number of nitrogens with zero attached hydrogens (tertiary/aromatic N) is 2. The van der Waals surface area contributed by atoms with E-state index in [4.69, 9.17) is 14.5 Å². The molecular formula is C31H24N2O5S2. The fourth-order valence-corrected chi connectivity index (χ4v) is 6.36. The summed E-state index contributed by atoms with van der Waals surface area (Å²) in [6.07, 6.45) is 0. The van der Waals surface area contributed by atoms with Gasteiger partial charge in [0.2, 0.25) is 5.78 Å². The molecule has 40 heavy (non-hydrogen) atoms. The van der Waals surface area contributed by atoms with Crippen molar-refractivity contribution in [2.75, 3.05) is 11.5 Å². The summed E-state index contributed by atoms with van der Waals surface area (Å²) in [6.45, 7) is 2.80. The molecule has 0 aliphatic carbocycles. The number of thiophene rings is 1. The van der Waals surface area contributed by atoms with Crippen LogP contribution in [-0.2, 0) is 11.4 Å². The molecule has 0 saturated carbocycles. The summed E-state index contributed by atoms with van der Waals surface area (Å²) in [6, 6.07) is 25.1. The fraction of sp³-hybridized carbons (Fsp3) is 0.129. The standard InChI is InChI=1S/C31H24N2O5S2/c1-2-37-22-13-14-23-25(17-22)40-31(32-23)33-27(26(29(35)30(33)36)28(34)24-12-7-15-39-24)20-10-6-11-21(16-20)38-18-19-8-4-3-5-9-19/h3-17,27,35H,2,18H2,1H3. The van der Waals surface area contributed by atoms with E-state index in [2.05, 4.69) is 0 Å². The maximum Gasteiger partial charge on any atom is 0.296 e. The van der Waals surface area contributed by atoms with Crippen LogP contribution in [0.25, 0.3) is 10.2 Å². The van der Waals surface area contributed by atoms with Gasteiger partial charge in [0.15, 0.2) is 10.9 Å². The van der Waals surface area contributed by atoms with E-state index in [-0.39, 0.29) is 5.57 Å². The number of carbonyl (C=O) groups is 2. The Kier molecular flexibility index (Phi) is 7.06. The number of ether oxygens (including phenoxy) is 2. The van der Waals surface area contributed by atoms with E-state index < -0.39 is 23.5 Å². The smallest absolute Gasteiger partial charge is 0.296 e. The van der Waals surface area contributed by atoms with Crippen LogP contribution in [0, 0.1) is 0 Å². The molecule has 3 aromatic carbocycles. The van der Waals surface area contributed by atoms with Gasteiger partial charge >= 0.3 is 0 Å². The molecule has 1 amide bonds.